The maximum atomic E-state index is 11.7. The molecule has 0 unspecified atom stereocenters. The van der Waals surface area contributed by atoms with Crippen LogP contribution in [0.1, 0.15) is 13.3 Å². The minimum atomic E-state index is -2.21. The molecule has 0 aromatic carbocycles. The summed E-state index contributed by atoms with van der Waals surface area (Å²) in [6.07, 6.45) is -69.4. The summed E-state index contributed by atoms with van der Waals surface area (Å²) in [5, 5.41) is 228. The average molecular weight is 1230 g/mol. The van der Waals surface area contributed by atoms with Crippen LogP contribution in [0.25, 0.3) is 0 Å². The van der Waals surface area contributed by atoms with Crippen molar-refractivity contribution in [2.45, 2.75) is 228 Å². The average Bonchev–Trinajstić information content (AvgIpc) is 3.59. The highest BCUT2D eigenvalue weighted by molar-refractivity contribution is 5.72. The molecule has 37 heteroatoms. The summed E-state index contributed by atoms with van der Waals surface area (Å²) < 4.78 is 81.0. The Morgan fingerprint density at radius 3 is 0.667 bits per heavy atom. The van der Waals surface area contributed by atoms with Crippen molar-refractivity contribution in [1.29, 1.82) is 0 Å². The zero-order valence-corrected chi connectivity index (χ0v) is 44.8. The standard InChI is InChI=1S/C47H80N2O35/c1-12(56)49-4-2-3-48-5-13-34-20(57)27(64)41(71-13)79-35-14(6-50)73-43(29(66)22(35)59)81-37-16(8-52)75-45(31(68)24(37)61)83-39-18(10-54)77-47(33(70)26(39)63)84-40-19(11-55)76-46(32(69)25(40)62)82-38-17(9-53)74-44(30(67)23(38)60)80-36-15(7-51)72-42(78-34)28(65)21(36)58/h13-48,50-55,57-70H,2-11H2,1H3,(H,49,56)/t13-,14-,15-,16-,17-,18-,19-,20-,21-,22+,23-,24+,25-,26-,27-,28-,29-,30-,31-,32-,33-,34-,35-,36-,37-,38-,39-,40-,41-,42-,43-,44-,45-,46-,47-/m1/s1. The number of amides is 1. The Kier molecular flexibility index (Phi) is 24.1. The summed E-state index contributed by atoms with van der Waals surface area (Å²) in [4.78, 5) is 11.5. The van der Waals surface area contributed by atoms with E-state index in [0.29, 0.717) is 6.42 Å². The molecule has 35 atom stereocenters. The van der Waals surface area contributed by atoms with Crippen LogP contribution in [0.15, 0.2) is 0 Å². The molecular weight excluding hydrogens is 1150 g/mol. The quantitative estimate of drug-likeness (QED) is 0.0807. The Bertz CT molecular complexity index is 2020. The van der Waals surface area contributed by atoms with E-state index in [9.17, 15) is 107 Å². The third-order valence-electron chi connectivity index (χ3n) is 15.9. The zero-order valence-electron chi connectivity index (χ0n) is 44.8. The van der Waals surface area contributed by atoms with E-state index in [-0.39, 0.29) is 25.5 Å². The molecule has 37 nitrogen and oxygen atoms in total. The van der Waals surface area contributed by atoms with Gasteiger partial charge in [-0.1, -0.05) is 0 Å². The summed E-state index contributed by atoms with van der Waals surface area (Å²) in [6.45, 7) is -4.88. The molecule has 0 aromatic heterocycles. The molecule has 0 aliphatic carbocycles. The van der Waals surface area contributed by atoms with Crippen LogP contribution in [0.5, 0.6) is 0 Å². The summed E-state index contributed by atoms with van der Waals surface area (Å²) in [5.74, 6) is -0.315. The minimum Gasteiger partial charge on any atom is -0.394 e. The lowest BCUT2D eigenvalue weighted by Crippen LogP contribution is -2.68. The number of nitrogens with one attached hydrogen (secondary N) is 2. The Morgan fingerprint density at radius 1 is 0.286 bits per heavy atom. The number of ether oxygens (including phenoxy) is 14. The highest BCUT2D eigenvalue weighted by Crippen LogP contribution is 2.39. The Labute approximate surface area is 476 Å². The fourth-order valence-corrected chi connectivity index (χ4v) is 11.2. The zero-order chi connectivity index (χ0) is 61.2. The van der Waals surface area contributed by atoms with Crippen molar-refractivity contribution < 1.29 is 173 Å². The molecular formula is C47H80N2O35. The minimum absolute atomic E-state index is 0.169. The molecule has 21 heterocycles. The molecule has 0 radical (unpaired) electrons. The normalized spacial score (nSPS) is 51.7. The van der Waals surface area contributed by atoms with E-state index in [1.807, 2.05) is 0 Å². The Morgan fingerprint density at radius 2 is 0.476 bits per heavy atom. The molecule has 21 aliphatic heterocycles. The van der Waals surface area contributed by atoms with E-state index in [0.717, 1.165) is 0 Å². The Balaban J connectivity index is 1.09. The van der Waals surface area contributed by atoms with Gasteiger partial charge in [0.15, 0.2) is 44.0 Å². The van der Waals surface area contributed by atoms with Gasteiger partial charge < -0.3 is 179 Å². The van der Waals surface area contributed by atoms with Crippen LogP contribution >= 0.6 is 0 Å². The number of carbonyl (C=O) groups excluding carboxylic acids is 1. The maximum Gasteiger partial charge on any atom is 0.216 e. The van der Waals surface area contributed by atoms with Crippen molar-refractivity contribution >= 4 is 5.91 Å². The highest BCUT2D eigenvalue weighted by Gasteiger charge is 2.59. The molecule has 0 spiro atoms. The van der Waals surface area contributed by atoms with Crippen molar-refractivity contribution in [2.75, 3.05) is 59.3 Å². The van der Waals surface area contributed by atoms with E-state index in [4.69, 9.17) is 66.3 Å². The van der Waals surface area contributed by atoms with Crippen LogP contribution in [-0.4, -0.2) is 382 Å². The monoisotopic (exact) mass is 1230 g/mol. The van der Waals surface area contributed by atoms with E-state index in [1.165, 1.54) is 6.92 Å². The molecule has 488 valence electrons. The molecule has 22 N–H and O–H groups in total. The summed E-state index contributed by atoms with van der Waals surface area (Å²) in [5.41, 5.74) is 0. The van der Waals surface area contributed by atoms with E-state index >= 15 is 0 Å². The summed E-state index contributed by atoms with van der Waals surface area (Å²) in [7, 11) is 0. The molecule has 21 aliphatic rings. The molecule has 21 saturated heterocycles. The van der Waals surface area contributed by atoms with Gasteiger partial charge in [-0.3, -0.25) is 4.79 Å². The van der Waals surface area contributed by atoms with Crippen molar-refractivity contribution in [1.82, 2.24) is 10.6 Å². The van der Waals surface area contributed by atoms with Crippen LogP contribution in [0.3, 0.4) is 0 Å². The fourth-order valence-electron chi connectivity index (χ4n) is 11.2. The van der Waals surface area contributed by atoms with Gasteiger partial charge in [0.1, 0.15) is 171 Å². The molecule has 1 amide bonds. The van der Waals surface area contributed by atoms with Crippen LogP contribution < -0.4 is 10.6 Å². The van der Waals surface area contributed by atoms with E-state index < -0.39 is 255 Å². The van der Waals surface area contributed by atoms with Gasteiger partial charge in [0.05, 0.1) is 39.6 Å². The first kappa shape index (κ1) is 68.0. The van der Waals surface area contributed by atoms with Crippen LogP contribution in [0.4, 0.5) is 0 Å². The van der Waals surface area contributed by atoms with Crippen molar-refractivity contribution in [2.24, 2.45) is 0 Å². The second kappa shape index (κ2) is 29.8. The highest BCUT2D eigenvalue weighted by atomic mass is 16.8. The predicted molar refractivity (Wildman–Crippen MR) is 258 cm³/mol. The SMILES string of the molecule is CC(=O)NCCCNC[C@H]1O[C@@H]2O[C@H]3[C@@H](O)[C@@H](O)[C@@H](O[C@H]4[C@@H](O)[C@@H](O)[C@@H](O[C@H]5[C@H](O)[C@@H](O)[C@@H](O[C@H]6[C@H](O)[C@@H](O)[C@@H](O[C@H]7[C@H](O)[C@@H](O)[C@@H](O[C@H]8[C@H](O)[C@@H](O)[C@@H](O[C@H]1[C@H](O)[C@H]2O)O[C@@H]8CO)O[C@@H]7CO)O[C@@H]6CO)O[C@@H]5CO)O[C@@H]4CO)O[C@@H]3CO. The first-order valence-corrected chi connectivity index (χ1v) is 27.3. The third kappa shape index (κ3) is 14.3. The molecule has 14 bridgehead atoms. The third-order valence-corrected chi connectivity index (χ3v) is 15.9. The topological polar surface area (TPSA) is 575 Å². The Hall–Kier alpha value is -1.93. The largest absolute Gasteiger partial charge is 0.394 e. The van der Waals surface area contributed by atoms with Crippen LogP contribution in [-0.2, 0) is 71.1 Å². The van der Waals surface area contributed by atoms with Crippen molar-refractivity contribution in [3.63, 3.8) is 0 Å². The number of rotatable bonds is 12. The van der Waals surface area contributed by atoms with E-state index in [1.54, 1.807) is 0 Å². The number of hydrogen-bond donors (Lipinski definition) is 22. The lowest BCUT2D eigenvalue weighted by Gasteiger charge is -2.50. The van der Waals surface area contributed by atoms with Gasteiger partial charge in [-0.2, -0.15) is 0 Å². The molecule has 0 saturated carbocycles. The van der Waals surface area contributed by atoms with Crippen LogP contribution in [0.2, 0.25) is 0 Å². The van der Waals surface area contributed by atoms with Gasteiger partial charge in [0.2, 0.25) is 5.91 Å². The van der Waals surface area contributed by atoms with Gasteiger partial charge in [-0.05, 0) is 13.0 Å². The van der Waals surface area contributed by atoms with Gasteiger partial charge in [-0.15, -0.1) is 0 Å². The molecule has 21 fully saturated rings. The number of aliphatic hydroxyl groups excluding tert-OH is 20. The van der Waals surface area contributed by atoms with E-state index in [2.05, 4.69) is 10.6 Å². The second-order valence-corrected chi connectivity index (χ2v) is 21.5. The number of carbonyl (C=O) groups is 1. The first-order chi connectivity index (χ1) is 40.0. The summed E-state index contributed by atoms with van der Waals surface area (Å²) >= 11 is 0. The summed E-state index contributed by atoms with van der Waals surface area (Å²) in [6, 6.07) is 0. The van der Waals surface area contributed by atoms with Crippen molar-refractivity contribution in [3.8, 4) is 0 Å². The maximum absolute atomic E-state index is 11.7. The van der Waals surface area contributed by atoms with Gasteiger partial charge in [-0.25, -0.2) is 0 Å². The second-order valence-electron chi connectivity index (χ2n) is 21.5. The number of aliphatic hydroxyl groups is 20. The lowest BCUT2D eigenvalue weighted by molar-refractivity contribution is -0.396. The van der Waals surface area contributed by atoms with Gasteiger partial charge in [0.25, 0.3) is 0 Å². The first-order valence-electron chi connectivity index (χ1n) is 27.3. The molecule has 84 heavy (non-hydrogen) atoms. The van der Waals surface area contributed by atoms with Crippen LogP contribution in [0, 0.1) is 0 Å². The molecule has 21 rings (SSSR count). The molecule has 0 aromatic rings. The fraction of sp³-hybridized carbons (Fsp3) is 0.979. The van der Waals surface area contributed by atoms with Crippen molar-refractivity contribution in [3.05, 3.63) is 0 Å². The smallest absolute Gasteiger partial charge is 0.216 e. The number of hydrogen-bond acceptors (Lipinski definition) is 36. The lowest BCUT2D eigenvalue weighted by atomic mass is 9.95. The van der Waals surface area contributed by atoms with Gasteiger partial charge >= 0.3 is 0 Å². The van der Waals surface area contributed by atoms with Gasteiger partial charge in [0, 0.05) is 20.0 Å². The predicted octanol–water partition coefficient (Wildman–Crippen LogP) is -15.1.